The quantitative estimate of drug-likeness (QED) is 0.797. The Labute approximate surface area is 139 Å². The van der Waals surface area contributed by atoms with Crippen LogP contribution in [0.4, 0.5) is 0 Å². The number of methoxy groups -OCH3 is 1. The van der Waals surface area contributed by atoms with Crippen LogP contribution in [-0.4, -0.2) is 17.3 Å². The molecule has 2 heterocycles. The topological polar surface area (TPSA) is 68.9 Å². The van der Waals surface area contributed by atoms with Gasteiger partial charge in [0.1, 0.15) is 17.1 Å². The lowest BCUT2D eigenvalue weighted by atomic mass is 9.93. The number of furan rings is 1. The van der Waals surface area contributed by atoms with Gasteiger partial charge in [0.2, 0.25) is 0 Å². The van der Waals surface area contributed by atoms with Crippen molar-refractivity contribution in [3.8, 4) is 5.75 Å². The molecule has 5 nitrogen and oxygen atoms in total. The highest BCUT2D eigenvalue weighted by Gasteiger charge is 2.22. The number of fused-ring (bicyclic) bond motifs is 2. The zero-order valence-corrected chi connectivity index (χ0v) is 13.2. The minimum Gasteiger partial charge on any atom is -0.758 e. The SMILES string of the molecule is COc1cc(CO)cc2c1CN([O-])C=C2c1cc2ccccc2o1. The molecular formula is C19H16NO4-. The predicted molar refractivity (Wildman–Crippen MR) is 91.1 cm³/mol. The number of hydroxylamine groups is 2. The van der Waals surface area contributed by atoms with Crippen molar-refractivity contribution >= 4 is 16.5 Å². The average Bonchev–Trinajstić information content (AvgIpc) is 3.04. The summed E-state index contributed by atoms with van der Waals surface area (Å²) in [5, 5.41) is 23.5. The molecule has 1 N–H and O–H groups in total. The molecule has 0 aliphatic carbocycles. The average molecular weight is 322 g/mol. The molecule has 0 radical (unpaired) electrons. The highest BCUT2D eigenvalue weighted by atomic mass is 16.5. The van der Waals surface area contributed by atoms with Crippen LogP contribution in [0.15, 0.2) is 53.1 Å². The van der Waals surface area contributed by atoms with E-state index in [9.17, 15) is 10.3 Å². The Morgan fingerprint density at radius 1 is 1.25 bits per heavy atom. The van der Waals surface area contributed by atoms with E-state index in [0.29, 0.717) is 17.1 Å². The minimum absolute atomic E-state index is 0.0991. The Kier molecular flexibility index (Phi) is 3.52. The van der Waals surface area contributed by atoms with E-state index in [1.165, 1.54) is 6.20 Å². The number of aliphatic hydroxyl groups is 1. The molecule has 0 unspecified atom stereocenters. The Morgan fingerprint density at radius 3 is 2.83 bits per heavy atom. The van der Waals surface area contributed by atoms with E-state index < -0.39 is 0 Å². The number of ether oxygens (including phenoxy) is 1. The molecule has 0 saturated heterocycles. The van der Waals surface area contributed by atoms with Crippen molar-refractivity contribution in [3.05, 3.63) is 76.3 Å². The smallest absolute Gasteiger partial charge is 0.137 e. The van der Waals surface area contributed by atoms with Gasteiger partial charge in [-0.3, -0.25) is 0 Å². The van der Waals surface area contributed by atoms with E-state index in [4.69, 9.17) is 9.15 Å². The summed E-state index contributed by atoms with van der Waals surface area (Å²) in [6.07, 6.45) is 1.53. The molecule has 2 aromatic carbocycles. The molecule has 0 saturated carbocycles. The Morgan fingerprint density at radius 2 is 2.08 bits per heavy atom. The van der Waals surface area contributed by atoms with Crippen molar-refractivity contribution in [2.24, 2.45) is 0 Å². The maximum absolute atomic E-state index is 12.1. The highest BCUT2D eigenvalue weighted by molar-refractivity contribution is 5.88. The number of rotatable bonds is 3. The first-order valence-corrected chi connectivity index (χ1v) is 7.65. The molecule has 0 amide bonds. The summed E-state index contributed by atoms with van der Waals surface area (Å²) in [7, 11) is 1.56. The predicted octanol–water partition coefficient (Wildman–Crippen LogP) is 3.64. The maximum atomic E-state index is 12.1. The molecule has 1 aliphatic rings. The molecule has 24 heavy (non-hydrogen) atoms. The first-order valence-electron chi connectivity index (χ1n) is 7.65. The fourth-order valence-corrected chi connectivity index (χ4v) is 3.11. The van der Waals surface area contributed by atoms with Gasteiger partial charge in [0.25, 0.3) is 0 Å². The summed E-state index contributed by atoms with van der Waals surface area (Å²) in [6, 6.07) is 13.3. The number of hydrogen-bond acceptors (Lipinski definition) is 5. The molecule has 0 spiro atoms. The van der Waals surface area contributed by atoms with E-state index in [-0.39, 0.29) is 13.2 Å². The lowest BCUT2D eigenvalue weighted by molar-refractivity contribution is 0.280. The van der Waals surface area contributed by atoms with E-state index >= 15 is 0 Å². The van der Waals surface area contributed by atoms with Crippen LogP contribution in [-0.2, 0) is 13.2 Å². The second-order valence-corrected chi connectivity index (χ2v) is 5.75. The summed E-state index contributed by atoms with van der Waals surface area (Å²) in [5.41, 5.74) is 3.83. The maximum Gasteiger partial charge on any atom is 0.137 e. The summed E-state index contributed by atoms with van der Waals surface area (Å²) in [5.74, 6) is 1.22. The van der Waals surface area contributed by atoms with Crippen LogP contribution in [0.1, 0.15) is 22.5 Å². The molecule has 4 rings (SSSR count). The zero-order valence-electron chi connectivity index (χ0n) is 13.2. The second-order valence-electron chi connectivity index (χ2n) is 5.75. The summed E-state index contributed by atoms with van der Waals surface area (Å²) in [4.78, 5) is 0. The van der Waals surface area contributed by atoms with Gasteiger partial charge in [-0.15, -0.1) is 0 Å². The van der Waals surface area contributed by atoms with Crippen LogP contribution >= 0.6 is 0 Å². The van der Waals surface area contributed by atoms with Gasteiger partial charge in [-0.1, -0.05) is 18.2 Å². The van der Waals surface area contributed by atoms with Crippen LogP contribution in [0.5, 0.6) is 5.75 Å². The van der Waals surface area contributed by atoms with E-state index in [1.807, 2.05) is 36.4 Å². The number of hydrogen-bond donors (Lipinski definition) is 1. The van der Waals surface area contributed by atoms with Gasteiger partial charge < -0.3 is 24.5 Å². The van der Waals surface area contributed by atoms with Gasteiger partial charge in [-0.05, 0) is 35.4 Å². The zero-order chi connectivity index (χ0) is 16.7. The Balaban J connectivity index is 1.93. The Bertz CT molecular complexity index is 909. The van der Waals surface area contributed by atoms with Crippen molar-refractivity contribution < 1.29 is 14.3 Å². The van der Waals surface area contributed by atoms with Crippen molar-refractivity contribution in [2.45, 2.75) is 13.2 Å². The number of benzene rings is 2. The van der Waals surface area contributed by atoms with Crippen LogP contribution in [0.2, 0.25) is 0 Å². The highest BCUT2D eigenvalue weighted by Crippen LogP contribution is 2.39. The summed E-state index contributed by atoms with van der Waals surface area (Å²) < 4.78 is 11.3. The van der Waals surface area contributed by atoms with Crippen molar-refractivity contribution in [1.29, 1.82) is 0 Å². The van der Waals surface area contributed by atoms with Crippen molar-refractivity contribution in [2.75, 3.05) is 7.11 Å². The third-order valence-electron chi connectivity index (χ3n) is 4.24. The minimum atomic E-state index is -0.0991. The van der Waals surface area contributed by atoms with Gasteiger partial charge in [-0.25, -0.2) is 0 Å². The van der Waals surface area contributed by atoms with Crippen molar-refractivity contribution in [3.63, 3.8) is 0 Å². The molecule has 5 heteroatoms. The van der Waals surface area contributed by atoms with E-state index in [0.717, 1.165) is 32.7 Å². The van der Waals surface area contributed by atoms with Crippen LogP contribution in [0.25, 0.3) is 16.5 Å². The van der Waals surface area contributed by atoms with Gasteiger partial charge in [0, 0.05) is 29.3 Å². The number of para-hydroxylation sites is 1. The van der Waals surface area contributed by atoms with Crippen LogP contribution in [0.3, 0.4) is 0 Å². The largest absolute Gasteiger partial charge is 0.758 e. The summed E-state index contributed by atoms with van der Waals surface area (Å²) >= 11 is 0. The second kappa shape index (κ2) is 5.70. The first kappa shape index (κ1) is 14.8. The molecule has 0 atom stereocenters. The van der Waals surface area contributed by atoms with E-state index in [2.05, 4.69) is 0 Å². The molecule has 3 aromatic rings. The first-order chi connectivity index (χ1) is 11.7. The van der Waals surface area contributed by atoms with E-state index in [1.54, 1.807) is 13.2 Å². The van der Waals surface area contributed by atoms with Crippen LogP contribution in [0, 0.1) is 5.21 Å². The van der Waals surface area contributed by atoms with Crippen molar-refractivity contribution in [1.82, 2.24) is 5.06 Å². The standard InChI is InChI=1S/C19H16NO4/c1-23-18-7-12(11-21)6-14-15(18)9-20(22)10-16(14)19-8-13-4-2-3-5-17(13)24-19/h2-8,10,21H,9,11H2,1H3/q-1. The van der Waals surface area contributed by atoms with Gasteiger partial charge >= 0.3 is 0 Å². The summed E-state index contributed by atoms with van der Waals surface area (Å²) in [6.45, 7) is 0.103. The number of nitrogens with zero attached hydrogens (tertiary/aromatic N) is 1. The normalized spacial score (nSPS) is 13.8. The fourth-order valence-electron chi connectivity index (χ4n) is 3.11. The van der Waals surface area contributed by atoms with Gasteiger partial charge in [0.15, 0.2) is 0 Å². The molecule has 0 bridgehead atoms. The monoisotopic (exact) mass is 322 g/mol. The van der Waals surface area contributed by atoms with Gasteiger partial charge in [0.05, 0.1) is 13.7 Å². The molecule has 1 aromatic heterocycles. The molecule has 122 valence electrons. The molecule has 1 aliphatic heterocycles. The Hall–Kier alpha value is -2.76. The lowest BCUT2D eigenvalue weighted by Gasteiger charge is -2.34. The molecule has 0 fully saturated rings. The lowest BCUT2D eigenvalue weighted by Crippen LogP contribution is -2.17. The van der Waals surface area contributed by atoms with Gasteiger partial charge in [-0.2, -0.15) is 0 Å². The third kappa shape index (κ3) is 2.35. The van der Waals surface area contributed by atoms with Crippen LogP contribution < -0.4 is 4.74 Å². The third-order valence-corrected chi connectivity index (χ3v) is 4.24. The fraction of sp³-hybridized carbons (Fsp3) is 0.158. The number of aliphatic hydroxyl groups excluding tert-OH is 1. The molecular weight excluding hydrogens is 306 g/mol.